The molecule has 2 N–H and O–H groups in total. The number of nitrogens with one attached hydrogen (secondary N) is 2. The van der Waals surface area contributed by atoms with Gasteiger partial charge in [0.05, 0.1) is 18.8 Å². The number of anilines is 1. The number of benzene rings is 4. The van der Waals surface area contributed by atoms with E-state index in [0.717, 1.165) is 67.6 Å². The first-order valence-electron chi connectivity index (χ1n) is 18.6. The van der Waals surface area contributed by atoms with Crippen LogP contribution in [-0.2, 0) is 41.3 Å². The topological polar surface area (TPSA) is 101 Å². The first kappa shape index (κ1) is 32.9. The van der Waals surface area contributed by atoms with Gasteiger partial charge in [0.1, 0.15) is 17.0 Å². The van der Waals surface area contributed by atoms with Gasteiger partial charge in [0, 0.05) is 5.69 Å². The number of nitrogens with zero attached hydrogens (tertiary/aromatic N) is 4. The van der Waals surface area contributed by atoms with Gasteiger partial charge in [-0.05, 0) is 96.5 Å². The minimum Gasteiger partial charge on any atom is -0.475 e. The summed E-state index contributed by atoms with van der Waals surface area (Å²) < 4.78 is 32.8. The quantitative estimate of drug-likeness (QED) is 0.163. The predicted molar refractivity (Wildman–Crippen MR) is 203 cm³/mol. The first-order chi connectivity index (χ1) is 25.4. The Morgan fingerprint density at radius 3 is 2.15 bits per heavy atom. The van der Waals surface area contributed by atoms with Crippen LogP contribution in [0.5, 0.6) is 5.88 Å². The summed E-state index contributed by atoms with van der Waals surface area (Å²) in [6, 6.07) is 31.6. The van der Waals surface area contributed by atoms with Crippen molar-refractivity contribution in [1.29, 1.82) is 0 Å². The number of hydrogen-bond acceptors (Lipinski definition) is 6. The predicted octanol–water partition coefficient (Wildman–Crippen LogP) is 7.44. The van der Waals surface area contributed by atoms with Crippen LogP contribution in [0, 0.1) is 0 Å². The molecule has 2 aliphatic heterocycles. The minimum absolute atomic E-state index is 0.180. The van der Waals surface area contributed by atoms with Crippen molar-refractivity contribution in [3.8, 4) is 5.88 Å². The second-order valence-corrected chi connectivity index (χ2v) is 16.5. The average Bonchev–Trinajstić information content (AvgIpc) is 3.90. The fraction of sp³-hybridized carbons (Fsp3) is 0.333. The summed E-state index contributed by atoms with van der Waals surface area (Å²) in [5.74, 6) is 0.701. The molecule has 9 rings (SSSR count). The highest BCUT2D eigenvalue weighted by Gasteiger charge is 2.41. The van der Waals surface area contributed by atoms with Crippen LogP contribution in [0.4, 0.5) is 10.5 Å². The Labute approximate surface area is 305 Å². The summed E-state index contributed by atoms with van der Waals surface area (Å²) in [5.41, 5.74) is 7.05. The van der Waals surface area contributed by atoms with Crippen LogP contribution in [0.25, 0.3) is 0 Å². The first-order valence-corrected chi connectivity index (χ1v) is 20.1. The zero-order chi connectivity index (χ0) is 35.3. The summed E-state index contributed by atoms with van der Waals surface area (Å²) in [6.45, 7) is 5.35. The molecule has 3 atom stereocenters. The van der Waals surface area contributed by atoms with Gasteiger partial charge in [0.25, 0.3) is 0 Å². The highest BCUT2D eigenvalue weighted by atomic mass is 32.2. The lowest BCUT2D eigenvalue weighted by Crippen LogP contribution is -2.51. The monoisotopic (exact) mass is 712 g/mol. The van der Waals surface area contributed by atoms with Gasteiger partial charge in [-0.1, -0.05) is 104 Å². The van der Waals surface area contributed by atoms with Crippen LogP contribution in [0.2, 0.25) is 0 Å². The molecule has 4 aliphatic rings. The number of carbonyl (C=O) groups is 1. The third-order valence-corrected chi connectivity index (χ3v) is 13.3. The SMILES string of the molecule is CC1CCc2cc3c(c(NC(=O)NS(=O)(=NC(c4ccccc4)(c4ccccc4)c4ccccc4)c4cnn5c4OC[C@@H](N4CCC4)C5)c21)CCC3. The van der Waals surface area contributed by atoms with Crippen molar-refractivity contribution < 1.29 is 13.7 Å². The number of hydrogen-bond donors (Lipinski definition) is 2. The minimum atomic E-state index is -3.82. The second-order valence-electron chi connectivity index (χ2n) is 14.6. The maximum atomic E-state index is 16.2. The van der Waals surface area contributed by atoms with E-state index in [9.17, 15) is 4.79 Å². The van der Waals surface area contributed by atoms with Crippen molar-refractivity contribution in [2.24, 2.45) is 4.36 Å². The van der Waals surface area contributed by atoms with Crippen LogP contribution < -0.4 is 14.8 Å². The third kappa shape index (κ3) is 5.60. The van der Waals surface area contributed by atoms with E-state index >= 15 is 4.21 Å². The molecule has 3 heterocycles. The molecule has 266 valence electrons. The van der Waals surface area contributed by atoms with Gasteiger partial charge in [-0.25, -0.2) is 18.4 Å². The smallest absolute Gasteiger partial charge is 0.331 e. The highest BCUT2D eigenvalue weighted by Crippen LogP contribution is 2.45. The van der Waals surface area contributed by atoms with Crippen molar-refractivity contribution >= 4 is 21.6 Å². The molecular formula is C42H44N6O3S. The highest BCUT2D eigenvalue weighted by molar-refractivity contribution is 7.92. The van der Waals surface area contributed by atoms with Crippen LogP contribution in [0.1, 0.15) is 71.0 Å². The summed E-state index contributed by atoms with van der Waals surface area (Å²) in [6.07, 6.45) is 7.77. The molecule has 0 spiro atoms. The number of aryl methyl sites for hydroxylation is 2. The largest absolute Gasteiger partial charge is 0.475 e. The Bertz CT molecular complexity index is 2150. The molecule has 0 bridgehead atoms. The lowest BCUT2D eigenvalue weighted by molar-refractivity contribution is 0.0417. The Hall–Kier alpha value is -4.93. The van der Waals surface area contributed by atoms with Crippen molar-refractivity contribution in [2.75, 3.05) is 25.0 Å². The maximum absolute atomic E-state index is 16.2. The van der Waals surface area contributed by atoms with Crippen molar-refractivity contribution in [2.45, 2.75) is 74.4 Å². The van der Waals surface area contributed by atoms with E-state index in [1.165, 1.54) is 28.7 Å². The fourth-order valence-electron chi connectivity index (χ4n) is 8.71. The molecule has 1 saturated heterocycles. The molecule has 10 heteroatoms. The van der Waals surface area contributed by atoms with Gasteiger partial charge in [-0.15, -0.1) is 0 Å². The van der Waals surface area contributed by atoms with E-state index in [1.54, 1.807) is 10.9 Å². The lowest BCUT2D eigenvalue weighted by Gasteiger charge is -2.40. The number of urea groups is 1. The molecule has 5 aromatic rings. The maximum Gasteiger partial charge on any atom is 0.331 e. The second kappa shape index (κ2) is 13.2. The van der Waals surface area contributed by atoms with Gasteiger partial charge in [0.2, 0.25) is 5.88 Å². The molecule has 2 amide bonds. The van der Waals surface area contributed by atoms with Crippen LogP contribution in [0.15, 0.2) is 113 Å². The summed E-state index contributed by atoms with van der Waals surface area (Å²) in [4.78, 5) is 17.2. The molecule has 52 heavy (non-hydrogen) atoms. The number of aromatic nitrogens is 2. The molecule has 0 saturated carbocycles. The molecule has 2 unspecified atom stereocenters. The van der Waals surface area contributed by atoms with Gasteiger partial charge in [-0.3, -0.25) is 4.90 Å². The van der Waals surface area contributed by atoms with E-state index < -0.39 is 21.5 Å². The molecule has 0 radical (unpaired) electrons. The fourth-order valence-corrected chi connectivity index (χ4v) is 10.6. The van der Waals surface area contributed by atoms with Crippen molar-refractivity contribution in [3.63, 3.8) is 0 Å². The molecule has 4 aromatic carbocycles. The van der Waals surface area contributed by atoms with Gasteiger partial charge < -0.3 is 10.1 Å². The molecule has 2 aliphatic carbocycles. The number of amides is 2. The lowest BCUT2D eigenvalue weighted by atomic mass is 9.78. The zero-order valence-corrected chi connectivity index (χ0v) is 30.3. The van der Waals surface area contributed by atoms with Gasteiger partial charge >= 0.3 is 6.03 Å². The Balaban J connectivity index is 1.23. The van der Waals surface area contributed by atoms with Crippen LogP contribution in [0.3, 0.4) is 0 Å². The number of fused-ring (bicyclic) bond motifs is 3. The van der Waals surface area contributed by atoms with E-state index in [-0.39, 0.29) is 10.9 Å². The van der Waals surface area contributed by atoms with Crippen molar-refractivity contribution in [1.82, 2.24) is 19.4 Å². The summed E-state index contributed by atoms with van der Waals surface area (Å²) in [7, 11) is -3.82. The van der Waals surface area contributed by atoms with E-state index in [0.29, 0.717) is 24.9 Å². The average molecular weight is 713 g/mol. The molecular weight excluding hydrogens is 669 g/mol. The van der Waals surface area contributed by atoms with E-state index in [1.807, 2.05) is 91.0 Å². The van der Waals surface area contributed by atoms with Gasteiger partial charge in [0.15, 0.2) is 9.92 Å². The van der Waals surface area contributed by atoms with Crippen LogP contribution >= 0.6 is 0 Å². The molecule has 1 aromatic heterocycles. The van der Waals surface area contributed by atoms with Crippen LogP contribution in [-0.4, -0.2) is 50.7 Å². The summed E-state index contributed by atoms with van der Waals surface area (Å²) in [5, 5.41) is 7.96. The van der Waals surface area contributed by atoms with Gasteiger partial charge in [-0.2, -0.15) is 9.46 Å². The number of likely N-dealkylation sites (tertiary alicyclic amines) is 1. The number of rotatable bonds is 8. The summed E-state index contributed by atoms with van der Waals surface area (Å²) >= 11 is 0. The third-order valence-electron chi connectivity index (χ3n) is 11.4. The molecule has 9 nitrogen and oxygen atoms in total. The number of carbonyl (C=O) groups excluding carboxylic acids is 1. The molecule has 1 fully saturated rings. The van der Waals surface area contributed by atoms with Crippen molar-refractivity contribution in [3.05, 3.63) is 142 Å². The van der Waals surface area contributed by atoms with E-state index in [4.69, 9.17) is 14.2 Å². The Morgan fingerprint density at radius 1 is 0.885 bits per heavy atom. The Morgan fingerprint density at radius 2 is 1.54 bits per heavy atom. The Kier molecular flexibility index (Phi) is 8.39. The standard InChI is InChI=1S/C42H44N6O3S/c1-29-21-22-31-25-30-13-11-20-36(30)39(38(29)31)44-41(49)45-52(50,37-26-43-48-27-35(28-51-40(37)48)47-23-12-24-47)46-42(32-14-5-2-6-15-32,33-16-7-3-8-17-33)34-18-9-4-10-19-34/h2-10,14-19,25-26,29,35H,11-13,20-24,27-28H2,1H3,(H2,44,45,46,49,50)/t29?,35-,52?/m0/s1. The zero-order valence-electron chi connectivity index (χ0n) is 29.5. The number of ether oxygens (including phenoxy) is 1. The van der Waals surface area contributed by atoms with E-state index in [2.05, 4.69) is 27.9 Å². The normalized spacial score (nSPS) is 20.4.